The molecule has 0 spiro atoms. The molecule has 1 rings (SSSR count). The van der Waals surface area contributed by atoms with Gasteiger partial charge >= 0.3 is 5.97 Å². The van der Waals surface area contributed by atoms with Crippen molar-refractivity contribution in [3.8, 4) is 0 Å². The maximum Gasteiger partial charge on any atom is 0.325 e. The van der Waals surface area contributed by atoms with Crippen molar-refractivity contribution in [2.24, 2.45) is 5.73 Å². The van der Waals surface area contributed by atoms with Gasteiger partial charge in [-0.1, -0.05) is 12.2 Å². The summed E-state index contributed by atoms with van der Waals surface area (Å²) in [5.41, 5.74) is 8.21. The van der Waals surface area contributed by atoms with Crippen LogP contribution in [0, 0.1) is 6.92 Å². The average Bonchev–Trinajstić information content (AvgIpc) is 2.27. The van der Waals surface area contributed by atoms with Gasteiger partial charge in [-0.25, -0.2) is 0 Å². The molecule has 4 nitrogen and oxygen atoms in total. The molecule has 0 amide bonds. The maximum atomic E-state index is 11.2. The van der Waals surface area contributed by atoms with E-state index in [9.17, 15) is 4.79 Å². The van der Waals surface area contributed by atoms with Crippen LogP contribution in [0.5, 0.6) is 0 Å². The number of ether oxygens (including phenoxy) is 1. The van der Waals surface area contributed by atoms with Gasteiger partial charge in [0.15, 0.2) is 0 Å². The van der Waals surface area contributed by atoms with E-state index in [1.54, 1.807) is 6.92 Å². The molecule has 0 atom stereocenters. The minimum atomic E-state index is -0.273. The predicted octanol–water partition coefficient (Wildman–Crippen LogP) is 1.60. The lowest BCUT2D eigenvalue weighted by Gasteiger charge is -2.10. The molecule has 1 aromatic carbocycles. The highest BCUT2D eigenvalue weighted by molar-refractivity contribution is 7.80. The minimum Gasteiger partial charge on any atom is -0.465 e. The van der Waals surface area contributed by atoms with Gasteiger partial charge in [-0.15, -0.1) is 0 Å². The second kappa shape index (κ2) is 6.20. The molecule has 0 fully saturated rings. The molecule has 3 N–H and O–H groups in total. The third-order valence-corrected chi connectivity index (χ3v) is 2.48. The molecule has 5 heteroatoms. The molecule has 0 aliphatic carbocycles. The summed E-state index contributed by atoms with van der Waals surface area (Å²) in [4.78, 5) is 11.5. The van der Waals surface area contributed by atoms with Crippen LogP contribution in [0.4, 0.5) is 5.69 Å². The van der Waals surface area contributed by atoms with Crippen molar-refractivity contribution in [2.75, 3.05) is 18.5 Å². The summed E-state index contributed by atoms with van der Waals surface area (Å²) in [6, 6.07) is 5.56. The highest BCUT2D eigenvalue weighted by Crippen LogP contribution is 2.16. The molecule has 0 aliphatic rings. The highest BCUT2D eigenvalue weighted by atomic mass is 32.1. The fraction of sp³-hybridized carbons (Fsp3) is 0.333. The zero-order valence-electron chi connectivity index (χ0n) is 9.95. The highest BCUT2D eigenvalue weighted by Gasteiger charge is 2.04. The first-order chi connectivity index (χ1) is 8.04. The summed E-state index contributed by atoms with van der Waals surface area (Å²) in [6.45, 7) is 4.25. The monoisotopic (exact) mass is 252 g/mol. The topological polar surface area (TPSA) is 64.3 Å². The van der Waals surface area contributed by atoms with Crippen LogP contribution in [0.3, 0.4) is 0 Å². The van der Waals surface area contributed by atoms with Gasteiger partial charge < -0.3 is 15.8 Å². The largest absolute Gasteiger partial charge is 0.465 e. The second-order valence-electron chi connectivity index (χ2n) is 3.55. The van der Waals surface area contributed by atoms with E-state index in [0.29, 0.717) is 11.6 Å². The summed E-state index contributed by atoms with van der Waals surface area (Å²) in [7, 11) is 0. The third kappa shape index (κ3) is 4.03. The summed E-state index contributed by atoms with van der Waals surface area (Å²) in [6.07, 6.45) is 0. The second-order valence-corrected chi connectivity index (χ2v) is 3.99. The van der Waals surface area contributed by atoms with Crippen LogP contribution in [0.15, 0.2) is 18.2 Å². The quantitative estimate of drug-likeness (QED) is 0.615. The maximum absolute atomic E-state index is 11.2. The number of hydrogen-bond donors (Lipinski definition) is 2. The number of thiocarbonyl (C=S) groups is 1. The van der Waals surface area contributed by atoms with Crippen molar-refractivity contribution in [1.82, 2.24) is 0 Å². The Morgan fingerprint density at radius 1 is 1.53 bits per heavy atom. The van der Waals surface area contributed by atoms with Crippen molar-refractivity contribution in [1.29, 1.82) is 0 Å². The fourth-order valence-corrected chi connectivity index (χ4v) is 1.52. The number of benzene rings is 1. The molecule has 0 bridgehead atoms. The Bertz CT molecular complexity index is 433. The molecular weight excluding hydrogens is 236 g/mol. The number of nitrogens with two attached hydrogens (primary N) is 1. The molecule has 0 radical (unpaired) electrons. The van der Waals surface area contributed by atoms with E-state index in [1.165, 1.54) is 0 Å². The van der Waals surface area contributed by atoms with Gasteiger partial charge in [-0.05, 0) is 37.6 Å². The van der Waals surface area contributed by atoms with E-state index < -0.39 is 0 Å². The molecule has 17 heavy (non-hydrogen) atoms. The lowest BCUT2D eigenvalue weighted by atomic mass is 10.1. The Labute approximate surface area is 106 Å². The van der Waals surface area contributed by atoms with E-state index in [4.69, 9.17) is 22.7 Å². The molecule has 0 unspecified atom stereocenters. The van der Waals surface area contributed by atoms with E-state index >= 15 is 0 Å². The van der Waals surface area contributed by atoms with Crippen molar-refractivity contribution in [3.05, 3.63) is 29.3 Å². The fourth-order valence-electron chi connectivity index (χ4n) is 1.39. The van der Waals surface area contributed by atoms with Crippen LogP contribution in [-0.4, -0.2) is 24.1 Å². The van der Waals surface area contributed by atoms with Gasteiger partial charge in [0.25, 0.3) is 0 Å². The van der Waals surface area contributed by atoms with Gasteiger partial charge in [-0.3, -0.25) is 4.79 Å². The number of hydrogen-bond acceptors (Lipinski definition) is 4. The number of aryl methyl sites for hydroxylation is 1. The summed E-state index contributed by atoms with van der Waals surface area (Å²) in [5.74, 6) is -0.273. The Morgan fingerprint density at radius 2 is 2.24 bits per heavy atom. The lowest BCUT2D eigenvalue weighted by molar-refractivity contribution is -0.140. The third-order valence-electron chi connectivity index (χ3n) is 2.24. The Morgan fingerprint density at radius 3 is 2.76 bits per heavy atom. The van der Waals surface area contributed by atoms with Gasteiger partial charge in [0.1, 0.15) is 11.5 Å². The number of esters is 1. The zero-order valence-corrected chi connectivity index (χ0v) is 10.8. The minimum absolute atomic E-state index is 0.154. The Balaban J connectivity index is 2.66. The number of nitrogens with one attached hydrogen (secondary N) is 1. The number of carbonyl (C=O) groups is 1. The number of carbonyl (C=O) groups excluding carboxylic acids is 1. The van der Waals surface area contributed by atoms with Crippen LogP contribution < -0.4 is 11.1 Å². The lowest BCUT2D eigenvalue weighted by Crippen LogP contribution is -2.17. The smallest absolute Gasteiger partial charge is 0.325 e. The molecule has 0 aliphatic heterocycles. The first-order valence-electron chi connectivity index (χ1n) is 5.34. The van der Waals surface area contributed by atoms with E-state index in [1.807, 2.05) is 25.1 Å². The van der Waals surface area contributed by atoms with Crippen molar-refractivity contribution >= 4 is 28.9 Å². The van der Waals surface area contributed by atoms with Gasteiger partial charge in [0.2, 0.25) is 0 Å². The molecular formula is C12H16N2O2S. The average molecular weight is 252 g/mol. The molecule has 0 saturated carbocycles. The van der Waals surface area contributed by atoms with E-state index in [0.717, 1.165) is 16.8 Å². The summed E-state index contributed by atoms with van der Waals surface area (Å²) in [5, 5.41) is 3.01. The van der Waals surface area contributed by atoms with E-state index in [-0.39, 0.29) is 12.5 Å². The standard InChI is InChI=1S/C12H16N2O2S/c1-3-16-11(15)7-14-10-5-4-9(12(13)17)6-8(10)2/h4-6,14H,3,7H2,1-2H3,(H2,13,17). The first kappa shape index (κ1) is 13.4. The van der Waals surface area contributed by atoms with Gasteiger partial charge in [-0.2, -0.15) is 0 Å². The summed E-state index contributed by atoms with van der Waals surface area (Å²) >= 11 is 4.89. The van der Waals surface area contributed by atoms with Gasteiger partial charge in [0.05, 0.1) is 6.61 Å². The SMILES string of the molecule is CCOC(=O)CNc1ccc(C(N)=S)cc1C. The van der Waals surface area contributed by atoms with Crippen molar-refractivity contribution in [2.45, 2.75) is 13.8 Å². The van der Waals surface area contributed by atoms with Crippen LogP contribution in [0.1, 0.15) is 18.1 Å². The predicted molar refractivity (Wildman–Crippen MR) is 72.2 cm³/mol. The van der Waals surface area contributed by atoms with E-state index in [2.05, 4.69) is 5.32 Å². The Hall–Kier alpha value is -1.62. The van der Waals surface area contributed by atoms with Crippen molar-refractivity contribution < 1.29 is 9.53 Å². The number of anilines is 1. The van der Waals surface area contributed by atoms with Gasteiger partial charge in [0, 0.05) is 11.3 Å². The van der Waals surface area contributed by atoms with Crippen LogP contribution in [0.2, 0.25) is 0 Å². The van der Waals surface area contributed by atoms with Crippen LogP contribution >= 0.6 is 12.2 Å². The zero-order chi connectivity index (χ0) is 12.8. The molecule has 0 aromatic heterocycles. The first-order valence-corrected chi connectivity index (χ1v) is 5.75. The molecule has 0 heterocycles. The molecule has 0 saturated heterocycles. The molecule has 1 aromatic rings. The molecule has 92 valence electrons. The number of rotatable bonds is 5. The summed E-state index contributed by atoms with van der Waals surface area (Å²) < 4.78 is 4.82. The van der Waals surface area contributed by atoms with Crippen molar-refractivity contribution in [3.63, 3.8) is 0 Å². The van der Waals surface area contributed by atoms with Crippen LogP contribution in [-0.2, 0) is 9.53 Å². The van der Waals surface area contributed by atoms with Crippen LogP contribution in [0.25, 0.3) is 0 Å². The normalized spacial score (nSPS) is 9.76. The Kier molecular flexibility index (Phi) is 4.90.